The molecule has 0 aliphatic heterocycles. The smallest absolute Gasteiger partial charge is 0.249 e. The van der Waals surface area contributed by atoms with E-state index < -0.39 is 23.7 Å². The van der Waals surface area contributed by atoms with Crippen LogP contribution in [0.5, 0.6) is 0 Å². The second-order valence-corrected chi connectivity index (χ2v) is 10.2. The van der Waals surface area contributed by atoms with Crippen LogP contribution in [0.1, 0.15) is 31.0 Å². The summed E-state index contributed by atoms with van der Waals surface area (Å²) in [5, 5.41) is 14.0. The normalized spacial score (nSPS) is 11.7. The maximum absolute atomic E-state index is 14.5. The fourth-order valence-electron chi connectivity index (χ4n) is 4.55. The molecular weight excluding hydrogens is 549 g/mol. The van der Waals surface area contributed by atoms with Crippen molar-refractivity contribution in [3.8, 4) is 0 Å². The van der Waals surface area contributed by atoms with Gasteiger partial charge < -0.3 is 10.6 Å². The van der Waals surface area contributed by atoms with Gasteiger partial charge in [0.05, 0.1) is 5.52 Å². The van der Waals surface area contributed by atoms with E-state index in [4.69, 9.17) is 0 Å². The molecule has 2 aromatic heterocycles. The molecule has 3 aromatic carbocycles. The van der Waals surface area contributed by atoms with Crippen LogP contribution in [-0.2, 0) is 27.5 Å². The summed E-state index contributed by atoms with van der Waals surface area (Å²) in [5.74, 6) is -1.95. The molecule has 10 nitrogen and oxygen atoms in total. The highest BCUT2D eigenvalue weighted by Gasteiger charge is 2.33. The molecule has 0 radical (unpaired) electrons. The van der Waals surface area contributed by atoms with E-state index >= 15 is 0 Å². The van der Waals surface area contributed by atoms with Crippen molar-refractivity contribution in [2.24, 2.45) is 5.92 Å². The molecule has 43 heavy (non-hydrogen) atoms. The van der Waals surface area contributed by atoms with Gasteiger partial charge in [-0.1, -0.05) is 49.4 Å². The lowest BCUT2D eigenvalue weighted by Gasteiger charge is -2.32. The second kappa shape index (κ2) is 13.0. The van der Waals surface area contributed by atoms with E-state index in [1.807, 2.05) is 18.2 Å². The van der Waals surface area contributed by atoms with Crippen LogP contribution in [0.4, 0.5) is 15.8 Å². The third-order valence-electron chi connectivity index (χ3n) is 6.77. The van der Waals surface area contributed by atoms with Gasteiger partial charge in [0.25, 0.3) is 0 Å². The van der Waals surface area contributed by atoms with Crippen LogP contribution >= 0.6 is 0 Å². The van der Waals surface area contributed by atoms with Crippen molar-refractivity contribution >= 4 is 40.1 Å². The van der Waals surface area contributed by atoms with Gasteiger partial charge in [0, 0.05) is 36.2 Å². The number of anilines is 2. The Bertz CT molecular complexity index is 1740. The van der Waals surface area contributed by atoms with Crippen LogP contribution in [0.15, 0.2) is 97.3 Å². The maximum Gasteiger partial charge on any atom is 0.249 e. The Morgan fingerprint density at radius 1 is 0.930 bits per heavy atom. The molecule has 1 atom stereocenters. The lowest BCUT2D eigenvalue weighted by molar-refractivity contribution is -0.127. The Morgan fingerprint density at radius 3 is 2.44 bits per heavy atom. The largest absolute Gasteiger partial charge is 0.350 e. The molecule has 5 rings (SSSR count). The van der Waals surface area contributed by atoms with Gasteiger partial charge in [0.15, 0.2) is 0 Å². The summed E-state index contributed by atoms with van der Waals surface area (Å²) in [4.78, 5) is 45.7. The Balaban J connectivity index is 1.55. The van der Waals surface area contributed by atoms with E-state index in [1.165, 1.54) is 27.8 Å². The number of benzene rings is 3. The highest BCUT2D eigenvalue weighted by Crippen LogP contribution is 2.30. The Hall–Kier alpha value is -5.45. The average molecular weight is 580 g/mol. The average Bonchev–Trinajstić information content (AvgIpc) is 3.42. The van der Waals surface area contributed by atoms with E-state index in [9.17, 15) is 18.8 Å². The minimum absolute atomic E-state index is 0.147. The molecule has 0 saturated heterocycles. The van der Waals surface area contributed by atoms with Crippen molar-refractivity contribution in [1.29, 1.82) is 0 Å². The van der Waals surface area contributed by atoms with Gasteiger partial charge >= 0.3 is 0 Å². The van der Waals surface area contributed by atoms with Crippen molar-refractivity contribution in [2.75, 3.05) is 10.2 Å². The van der Waals surface area contributed by atoms with Crippen LogP contribution in [0.25, 0.3) is 11.0 Å². The molecular formula is C32H30FN7O3. The molecule has 218 valence electrons. The summed E-state index contributed by atoms with van der Waals surface area (Å²) in [5.41, 5.74) is 3.18. The fraction of sp³-hybridized carbons (Fsp3) is 0.188. The molecule has 0 aliphatic rings. The van der Waals surface area contributed by atoms with E-state index in [0.29, 0.717) is 22.4 Å². The number of amides is 3. The van der Waals surface area contributed by atoms with Gasteiger partial charge in [-0.05, 0) is 65.7 Å². The van der Waals surface area contributed by atoms with Gasteiger partial charge in [-0.3, -0.25) is 24.3 Å². The number of carbonyl (C=O) groups is 3. The standard InChI is InChI=1S/C32H30FN7O3/c1-21(2)31(42)36-25-12-14-26(15-13-25)40(29(41)20-39-28-11-4-3-10-27(28)37-38-39)30(23-8-5-9-24(33)17-23)32(43)35-19-22-7-6-16-34-18-22/h3-18,21,30H,19-20H2,1-2H3,(H,35,43)(H,36,42). The zero-order valence-electron chi connectivity index (χ0n) is 23.6. The summed E-state index contributed by atoms with van der Waals surface area (Å²) in [6, 6.07) is 21.7. The molecule has 2 N–H and O–H groups in total. The first-order valence-corrected chi connectivity index (χ1v) is 13.7. The third-order valence-corrected chi connectivity index (χ3v) is 6.77. The zero-order chi connectivity index (χ0) is 30.3. The highest BCUT2D eigenvalue weighted by atomic mass is 19.1. The molecule has 0 spiro atoms. The van der Waals surface area contributed by atoms with E-state index in [1.54, 1.807) is 74.8 Å². The Labute approximate surface area is 247 Å². The molecule has 0 fully saturated rings. The summed E-state index contributed by atoms with van der Waals surface area (Å²) >= 11 is 0. The first-order chi connectivity index (χ1) is 20.8. The minimum atomic E-state index is -1.24. The number of nitrogens with zero attached hydrogens (tertiary/aromatic N) is 5. The third kappa shape index (κ3) is 6.89. The summed E-state index contributed by atoms with van der Waals surface area (Å²) in [7, 11) is 0. The van der Waals surface area contributed by atoms with E-state index in [2.05, 4.69) is 25.9 Å². The topological polar surface area (TPSA) is 122 Å². The van der Waals surface area contributed by atoms with Crippen LogP contribution in [-0.4, -0.2) is 37.7 Å². The number of hydrogen-bond donors (Lipinski definition) is 2. The summed E-state index contributed by atoms with van der Waals surface area (Å²) in [6.45, 7) is 3.47. The van der Waals surface area contributed by atoms with Gasteiger partial charge in [0.2, 0.25) is 17.7 Å². The second-order valence-electron chi connectivity index (χ2n) is 10.2. The molecule has 5 aromatic rings. The first-order valence-electron chi connectivity index (χ1n) is 13.7. The van der Waals surface area contributed by atoms with Crippen LogP contribution in [0.3, 0.4) is 0 Å². The minimum Gasteiger partial charge on any atom is -0.350 e. The lowest BCUT2D eigenvalue weighted by atomic mass is 10.0. The number of pyridine rings is 1. The van der Waals surface area contributed by atoms with E-state index in [0.717, 1.165) is 5.56 Å². The highest BCUT2D eigenvalue weighted by molar-refractivity contribution is 6.02. The van der Waals surface area contributed by atoms with Crippen molar-refractivity contribution in [3.05, 3.63) is 114 Å². The lowest BCUT2D eigenvalue weighted by Crippen LogP contribution is -2.45. The molecule has 0 bridgehead atoms. The first kappa shape index (κ1) is 29.1. The number of fused-ring (bicyclic) bond motifs is 1. The van der Waals surface area contributed by atoms with Crippen molar-refractivity contribution in [3.63, 3.8) is 0 Å². The Morgan fingerprint density at radius 2 is 1.72 bits per heavy atom. The number of aromatic nitrogens is 4. The monoisotopic (exact) mass is 579 g/mol. The Kier molecular flexibility index (Phi) is 8.80. The van der Waals surface area contributed by atoms with Gasteiger partial charge in [-0.2, -0.15) is 0 Å². The van der Waals surface area contributed by atoms with Crippen LogP contribution in [0.2, 0.25) is 0 Å². The number of halogens is 1. The quantitative estimate of drug-likeness (QED) is 0.248. The van der Waals surface area contributed by atoms with Crippen LogP contribution < -0.4 is 15.5 Å². The van der Waals surface area contributed by atoms with E-state index in [-0.39, 0.29) is 30.5 Å². The molecule has 2 heterocycles. The zero-order valence-corrected chi connectivity index (χ0v) is 23.6. The molecule has 3 amide bonds. The van der Waals surface area contributed by atoms with Crippen molar-refractivity contribution in [1.82, 2.24) is 25.3 Å². The number of rotatable bonds is 10. The van der Waals surface area contributed by atoms with Gasteiger partial charge in [-0.15, -0.1) is 5.10 Å². The molecule has 0 aliphatic carbocycles. The van der Waals surface area contributed by atoms with Crippen LogP contribution in [0, 0.1) is 11.7 Å². The number of carbonyl (C=O) groups excluding carboxylic acids is 3. The van der Waals surface area contributed by atoms with Gasteiger partial charge in [0.1, 0.15) is 23.9 Å². The maximum atomic E-state index is 14.5. The molecule has 11 heteroatoms. The number of hydrogen-bond acceptors (Lipinski definition) is 6. The number of para-hydroxylation sites is 1. The predicted molar refractivity (Wildman–Crippen MR) is 160 cm³/mol. The van der Waals surface area contributed by atoms with Gasteiger partial charge in [-0.25, -0.2) is 9.07 Å². The molecule has 0 saturated carbocycles. The summed E-state index contributed by atoms with van der Waals surface area (Å²) < 4.78 is 16.0. The SMILES string of the molecule is CC(C)C(=O)Nc1ccc(N(C(=O)Cn2nnc3ccccc32)C(C(=O)NCc2cccnc2)c2cccc(F)c2)cc1. The molecule has 1 unspecified atom stereocenters. The van der Waals surface area contributed by atoms with Crippen molar-refractivity contribution < 1.29 is 18.8 Å². The summed E-state index contributed by atoms with van der Waals surface area (Å²) in [6.07, 6.45) is 3.25. The fourth-order valence-corrected chi connectivity index (χ4v) is 4.55. The van der Waals surface area contributed by atoms with Crippen molar-refractivity contribution in [2.45, 2.75) is 33.0 Å². The predicted octanol–water partition coefficient (Wildman–Crippen LogP) is 4.65. The number of nitrogens with one attached hydrogen (secondary N) is 2.